The van der Waals surface area contributed by atoms with Crippen LogP contribution in [0.4, 0.5) is 4.79 Å². The van der Waals surface area contributed by atoms with Crippen molar-refractivity contribution in [2.75, 3.05) is 54.2 Å². The van der Waals surface area contributed by atoms with Crippen LogP contribution in [0.25, 0.3) is 0 Å². The summed E-state index contributed by atoms with van der Waals surface area (Å²) in [6, 6.07) is -1.53. The summed E-state index contributed by atoms with van der Waals surface area (Å²) in [6.07, 6.45) is 0.662. The third-order valence-electron chi connectivity index (χ3n) is 2.56. The van der Waals surface area contributed by atoms with Gasteiger partial charge in [-0.2, -0.15) is 0 Å². The summed E-state index contributed by atoms with van der Waals surface area (Å²) in [6.45, 7) is 1.66. The van der Waals surface area contributed by atoms with Crippen LogP contribution in [0.5, 0.6) is 0 Å². The van der Waals surface area contributed by atoms with E-state index in [1.807, 2.05) is 0 Å². The zero-order valence-electron chi connectivity index (χ0n) is 12.3. The highest BCUT2D eigenvalue weighted by Gasteiger charge is 2.22. The molecule has 0 saturated carbocycles. The molecule has 0 aromatic carbocycles. The standard InChI is InChI=1S/C12H24N2O6/c1-18-7-4-5-14(6-8-19-2)12(17)13-10(9-20-3)11(15)16/h10H,4-9H2,1-3H3,(H,13,17)(H,15,16). The smallest absolute Gasteiger partial charge is 0.328 e. The molecule has 1 atom stereocenters. The molecule has 0 spiro atoms. The molecular formula is C12H24N2O6. The molecule has 0 aliphatic rings. The third kappa shape index (κ3) is 7.93. The van der Waals surface area contributed by atoms with Gasteiger partial charge in [-0.3, -0.25) is 0 Å². The van der Waals surface area contributed by atoms with Gasteiger partial charge >= 0.3 is 12.0 Å². The topological polar surface area (TPSA) is 97.3 Å². The van der Waals surface area contributed by atoms with Crippen molar-refractivity contribution >= 4 is 12.0 Å². The second-order valence-corrected chi connectivity index (χ2v) is 4.12. The van der Waals surface area contributed by atoms with Crippen molar-refractivity contribution in [2.45, 2.75) is 12.5 Å². The Kier molecular flexibility index (Phi) is 10.7. The Morgan fingerprint density at radius 2 is 1.75 bits per heavy atom. The Labute approximate surface area is 119 Å². The fourth-order valence-corrected chi connectivity index (χ4v) is 1.50. The number of rotatable bonds is 11. The first-order valence-electron chi connectivity index (χ1n) is 6.31. The number of methoxy groups -OCH3 is 3. The molecule has 0 aromatic rings. The predicted octanol–water partition coefficient (Wildman–Crippen LogP) is -0.219. The van der Waals surface area contributed by atoms with Gasteiger partial charge in [0.15, 0.2) is 6.04 Å². The lowest BCUT2D eigenvalue weighted by Crippen LogP contribution is -2.50. The molecule has 2 amide bonds. The summed E-state index contributed by atoms with van der Waals surface area (Å²) in [4.78, 5) is 24.5. The van der Waals surface area contributed by atoms with E-state index in [-0.39, 0.29) is 6.61 Å². The van der Waals surface area contributed by atoms with Gasteiger partial charge in [0.25, 0.3) is 0 Å². The first-order chi connectivity index (χ1) is 9.56. The number of nitrogens with zero attached hydrogens (tertiary/aromatic N) is 1. The minimum Gasteiger partial charge on any atom is -0.480 e. The van der Waals surface area contributed by atoms with Crippen LogP contribution in [0.15, 0.2) is 0 Å². The summed E-state index contributed by atoms with van der Waals surface area (Å²) >= 11 is 0. The number of carboxylic acid groups (broad SMARTS) is 1. The van der Waals surface area contributed by atoms with Crippen molar-refractivity contribution in [3.8, 4) is 0 Å². The minimum absolute atomic E-state index is 0.0860. The summed E-state index contributed by atoms with van der Waals surface area (Å²) < 4.78 is 14.6. The van der Waals surface area contributed by atoms with Crippen LogP contribution in [0.3, 0.4) is 0 Å². The molecule has 1 unspecified atom stereocenters. The maximum Gasteiger partial charge on any atom is 0.328 e. The maximum atomic E-state index is 12.0. The molecular weight excluding hydrogens is 268 g/mol. The molecule has 0 fully saturated rings. The molecule has 0 rings (SSSR count). The van der Waals surface area contributed by atoms with Crippen molar-refractivity contribution in [3.05, 3.63) is 0 Å². The molecule has 0 aliphatic heterocycles. The monoisotopic (exact) mass is 292 g/mol. The highest BCUT2D eigenvalue weighted by atomic mass is 16.5. The lowest BCUT2D eigenvalue weighted by atomic mass is 10.3. The second-order valence-electron chi connectivity index (χ2n) is 4.12. The van der Waals surface area contributed by atoms with Crippen LogP contribution < -0.4 is 5.32 Å². The first kappa shape index (κ1) is 18.6. The first-order valence-corrected chi connectivity index (χ1v) is 6.31. The number of nitrogens with one attached hydrogen (secondary N) is 1. The Bertz CT molecular complexity index is 287. The molecule has 20 heavy (non-hydrogen) atoms. The number of urea groups is 1. The molecule has 8 nitrogen and oxygen atoms in total. The van der Waals surface area contributed by atoms with Gasteiger partial charge in [-0.05, 0) is 6.42 Å². The number of carboxylic acids is 1. The number of ether oxygens (including phenoxy) is 3. The van der Waals surface area contributed by atoms with Crippen molar-refractivity contribution in [3.63, 3.8) is 0 Å². The van der Waals surface area contributed by atoms with Gasteiger partial charge < -0.3 is 29.5 Å². The van der Waals surface area contributed by atoms with Crippen molar-refractivity contribution in [1.82, 2.24) is 10.2 Å². The normalized spacial score (nSPS) is 11.9. The maximum absolute atomic E-state index is 12.0. The summed E-state index contributed by atoms with van der Waals surface area (Å²) in [5, 5.41) is 11.4. The summed E-state index contributed by atoms with van der Waals surface area (Å²) in [5.74, 6) is -1.14. The Morgan fingerprint density at radius 1 is 1.10 bits per heavy atom. The van der Waals surface area contributed by atoms with Crippen LogP contribution >= 0.6 is 0 Å². The average Bonchev–Trinajstić information content (AvgIpc) is 2.41. The third-order valence-corrected chi connectivity index (χ3v) is 2.56. The molecule has 118 valence electrons. The fraction of sp³-hybridized carbons (Fsp3) is 0.833. The molecule has 0 aromatic heterocycles. The molecule has 0 bridgehead atoms. The Hall–Kier alpha value is -1.38. The van der Waals surface area contributed by atoms with Crippen LogP contribution in [-0.4, -0.2) is 82.3 Å². The van der Waals surface area contributed by atoms with Gasteiger partial charge in [0, 0.05) is 41.0 Å². The Morgan fingerprint density at radius 3 is 2.25 bits per heavy atom. The second kappa shape index (κ2) is 11.4. The van der Waals surface area contributed by atoms with Gasteiger partial charge in [-0.25, -0.2) is 9.59 Å². The minimum atomic E-state index is -1.14. The SMILES string of the molecule is COCCCN(CCOC)C(=O)NC(COC)C(=O)O. The van der Waals surface area contributed by atoms with Gasteiger partial charge in [-0.1, -0.05) is 0 Å². The quantitative estimate of drug-likeness (QED) is 0.511. The van der Waals surface area contributed by atoms with E-state index in [1.54, 1.807) is 7.11 Å². The van der Waals surface area contributed by atoms with E-state index in [9.17, 15) is 9.59 Å². The molecule has 2 N–H and O–H groups in total. The number of hydrogen-bond acceptors (Lipinski definition) is 5. The Balaban J connectivity index is 4.45. The lowest BCUT2D eigenvalue weighted by Gasteiger charge is -2.24. The highest BCUT2D eigenvalue weighted by Crippen LogP contribution is 1.96. The zero-order valence-corrected chi connectivity index (χ0v) is 12.3. The van der Waals surface area contributed by atoms with E-state index < -0.39 is 18.0 Å². The largest absolute Gasteiger partial charge is 0.480 e. The molecule has 0 radical (unpaired) electrons. The van der Waals surface area contributed by atoms with Crippen LogP contribution in [0, 0.1) is 0 Å². The highest BCUT2D eigenvalue weighted by molar-refractivity contribution is 5.82. The molecule has 0 saturated heterocycles. The van der Waals surface area contributed by atoms with Crippen molar-refractivity contribution in [2.24, 2.45) is 0 Å². The predicted molar refractivity (Wildman–Crippen MR) is 71.8 cm³/mol. The van der Waals surface area contributed by atoms with Gasteiger partial charge in [0.2, 0.25) is 0 Å². The fourth-order valence-electron chi connectivity index (χ4n) is 1.50. The van der Waals surface area contributed by atoms with E-state index in [4.69, 9.17) is 19.3 Å². The van der Waals surface area contributed by atoms with Crippen molar-refractivity contribution < 1.29 is 28.9 Å². The number of carbonyl (C=O) groups is 2. The van der Waals surface area contributed by atoms with E-state index in [0.29, 0.717) is 32.7 Å². The van der Waals surface area contributed by atoms with E-state index >= 15 is 0 Å². The molecule has 8 heteroatoms. The van der Waals surface area contributed by atoms with Gasteiger partial charge in [-0.15, -0.1) is 0 Å². The summed E-state index contributed by atoms with van der Waals surface area (Å²) in [5.41, 5.74) is 0. The lowest BCUT2D eigenvalue weighted by molar-refractivity contribution is -0.140. The van der Waals surface area contributed by atoms with Gasteiger partial charge in [0.1, 0.15) is 0 Å². The van der Waals surface area contributed by atoms with Gasteiger partial charge in [0.05, 0.1) is 13.2 Å². The summed E-state index contributed by atoms with van der Waals surface area (Å²) in [7, 11) is 4.50. The number of hydrogen-bond donors (Lipinski definition) is 2. The zero-order chi connectivity index (χ0) is 15.4. The van der Waals surface area contributed by atoms with Crippen molar-refractivity contribution in [1.29, 1.82) is 0 Å². The number of amides is 2. The van der Waals surface area contributed by atoms with E-state index in [2.05, 4.69) is 5.32 Å². The number of aliphatic carboxylic acids is 1. The van der Waals surface area contributed by atoms with Crippen LogP contribution in [0.2, 0.25) is 0 Å². The van der Waals surface area contributed by atoms with E-state index in [0.717, 1.165) is 0 Å². The molecule has 0 aliphatic carbocycles. The van der Waals surface area contributed by atoms with E-state index in [1.165, 1.54) is 19.1 Å². The molecule has 0 heterocycles. The van der Waals surface area contributed by atoms with Crippen LogP contribution in [-0.2, 0) is 19.0 Å². The van der Waals surface area contributed by atoms with Crippen LogP contribution in [0.1, 0.15) is 6.42 Å². The average molecular weight is 292 g/mol. The number of carbonyl (C=O) groups excluding carboxylic acids is 1.